The van der Waals surface area contributed by atoms with Crippen LogP contribution < -0.4 is 4.72 Å². The Hall–Kier alpha value is -1.99. The first-order chi connectivity index (χ1) is 9.95. The summed E-state index contributed by atoms with van der Waals surface area (Å²) in [6.07, 6.45) is 3.11. The van der Waals surface area contributed by atoms with Gasteiger partial charge in [0.2, 0.25) is 10.0 Å². The van der Waals surface area contributed by atoms with Crippen molar-refractivity contribution < 1.29 is 17.9 Å². The van der Waals surface area contributed by atoms with Crippen molar-refractivity contribution in [3.63, 3.8) is 0 Å². The molecule has 0 saturated carbocycles. The molecule has 1 atom stereocenters. The predicted octanol–water partition coefficient (Wildman–Crippen LogP) is 1.46. The van der Waals surface area contributed by atoms with Crippen LogP contribution in [0.5, 0.6) is 0 Å². The third-order valence-electron chi connectivity index (χ3n) is 2.90. The summed E-state index contributed by atoms with van der Waals surface area (Å²) in [5, 5.41) is 1.26. The minimum absolute atomic E-state index is 0.110. The standard InChI is InChI=1S/C14H16N2O4S/c1-3-20-14(17)10(2)16-21(18,19)13-6-4-5-11-9-15-8-7-12(11)13/h4-10,16H,3H2,1-2H3. The third kappa shape index (κ3) is 3.37. The maximum atomic E-state index is 12.4. The first-order valence-corrected chi connectivity index (χ1v) is 7.95. The van der Waals surface area contributed by atoms with Gasteiger partial charge in [0, 0.05) is 23.2 Å². The quantitative estimate of drug-likeness (QED) is 0.845. The van der Waals surface area contributed by atoms with Crippen LogP contribution in [-0.2, 0) is 19.6 Å². The molecule has 1 heterocycles. The lowest BCUT2D eigenvalue weighted by Gasteiger charge is -2.14. The molecule has 0 bridgehead atoms. The molecule has 0 spiro atoms. The predicted molar refractivity (Wildman–Crippen MR) is 78.2 cm³/mol. The summed E-state index contributed by atoms with van der Waals surface area (Å²) in [6, 6.07) is 5.57. The number of hydrogen-bond donors (Lipinski definition) is 1. The first kappa shape index (κ1) is 15.4. The number of fused-ring (bicyclic) bond motifs is 1. The second kappa shape index (κ2) is 6.19. The van der Waals surface area contributed by atoms with E-state index < -0.39 is 22.0 Å². The summed E-state index contributed by atoms with van der Waals surface area (Å²) >= 11 is 0. The summed E-state index contributed by atoms with van der Waals surface area (Å²) in [6.45, 7) is 3.31. The van der Waals surface area contributed by atoms with Crippen LogP contribution >= 0.6 is 0 Å². The van der Waals surface area contributed by atoms with Gasteiger partial charge in [0.25, 0.3) is 0 Å². The molecule has 1 aromatic heterocycles. The Morgan fingerprint density at radius 2 is 2.14 bits per heavy atom. The minimum atomic E-state index is -3.83. The highest BCUT2D eigenvalue weighted by atomic mass is 32.2. The van der Waals surface area contributed by atoms with Gasteiger partial charge in [0.05, 0.1) is 11.5 Å². The average molecular weight is 308 g/mol. The Balaban J connectivity index is 2.36. The third-order valence-corrected chi connectivity index (χ3v) is 4.50. The van der Waals surface area contributed by atoms with Crippen LogP contribution in [0.2, 0.25) is 0 Å². The molecule has 1 unspecified atom stereocenters. The zero-order chi connectivity index (χ0) is 15.5. The lowest BCUT2D eigenvalue weighted by molar-refractivity contribution is -0.144. The van der Waals surface area contributed by atoms with Gasteiger partial charge in [-0.1, -0.05) is 12.1 Å². The Morgan fingerprint density at radius 3 is 2.86 bits per heavy atom. The van der Waals surface area contributed by atoms with E-state index in [0.717, 1.165) is 0 Å². The highest BCUT2D eigenvalue weighted by molar-refractivity contribution is 7.89. The fraction of sp³-hybridized carbons (Fsp3) is 0.286. The van der Waals surface area contributed by atoms with E-state index in [1.807, 2.05) is 0 Å². The van der Waals surface area contributed by atoms with Crippen LogP contribution in [-0.4, -0.2) is 32.0 Å². The van der Waals surface area contributed by atoms with Crippen LogP contribution in [0.15, 0.2) is 41.6 Å². The average Bonchev–Trinajstić information content (AvgIpc) is 2.46. The SMILES string of the molecule is CCOC(=O)C(C)NS(=O)(=O)c1cccc2cnccc12. The van der Waals surface area contributed by atoms with E-state index in [1.54, 1.807) is 31.3 Å². The molecule has 1 N–H and O–H groups in total. The van der Waals surface area contributed by atoms with Crippen molar-refractivity contribution in [1.29, 1.82) is 0 Å². The van der Waals surface area contributed by atoms with E-state index in [1.165, 1.54) is 19.2 Å². The molecule has 1 aromatic carbocycles. The Kier molecular flexibility index (Phi) is 4.54. The van der Waals surface area contributed by atoms with Gasteiger partial charge in [-0.25, -0.2) is 8.42 Å². The number of pyridine rings is 1. The van der Waals surface area contributed by atoms with Gasteiger partial charge < -0.3 is 4.74 Å². The molecule has 0 aliphatic heterocycles. The Bertz CT molecular complexity index is 753. The van der Waals surface area contributed by atoms with Crippen molar-refractivity contribution in [1.82, 2.24) is 9.71 Å². The number of ether oxygens (including phenoxy) is 1. The molecule has 0 aliphatic rings. The maximum Gasteiger partial charge on any atom is 0.323 e. The van der Waals surface area contributed by atoms with Crippen LogP contribution in [0.1, 0.15) is 13.8 Å². The minimum Gasteiger partial charge on any atom is -0.465 e. The largest absolute Gasteiger partial charge is 0.465 e. The smallest absolute Gasteiger partial charge is 0.323 e. The number of rotatable bonds is 5. The molecule has 6 nitrogen and oxygen atoms in total. The zero-order valence-electron chi connectivity index (χ0n) is 11.7. The zero-order valence-corrected chi connectivity index (χ0v) is 12.6. The second-order valence-corrected chi connectivity index (χ2v) is 6.13. The van der Waals surface area contributed by atoms with Crippen molar-refractivity contribution in [2.75, 3.05) is 6.61 Å². The number of sulfonamides is 1. The molecule has 0 amide bonds. The molecule has 2 rings (SSSR count). The van der Waals surface area contributed by atoms with Gasteiger partial charge in [-0.05, 0) is 26.0 Å². The fourth-order valence-electron chi connectivity index (χ4n) is 1.94. The summed E-state index contributed by atoms with van der Waals surface area (Å²) < 4.78 is 32.0. The van der Waals surface area contributed by atoms with E-state index in [-0.39, 0.29) is 11.5 Å². The fourth-order valence-corrected chi connectivity index (χ4v) is 3.36. The van der Waals surface area contributed by atoms with E-state index in [9.17, 15) is 13.2 Å². The molecule has 0 fully saturated rings. The van der Waals surface area contributed by atoms with Crippen LogP contribution in [0, 0.1) is 0 Å². The molecular formula is C14H16N2O4S. The maximum absolute atomic E-state index is 12.4. The van der Waals surface area contributed by atoms with Crippen LogP contribution in [0.4, 0.5) is 0 Å². The normalized spacial score (nSPS) is 13.0. The molecule has 0 aliphatic carbocycles. The van der Waals surface area contributed by atoms with E-state index in [0.29, 0.717) is 10.8 Å². The molecule has 112 valence electrons. The number of nitrogens with zero attached hydrogens (tertiary/aromatic N) is 1. The van der Waals surface area contributed by atoms with Gasteiger partial charge in [0.15, 0.2) is 0 Å². The number of nitrogens with one attached hydrogen (secondary N) is 1. The molecule has 7 heteroatoms. The summed E-state index contributed by atoms with van der Waals surface area (Å²) in [4.78, 5) is 15.6. The van der Waals surface area contributed by atoms with Gasteiger partial charge in [0.1, 0.15) is 6.04 Å². The van der Waals surface area contributed by atoms with Gasteiger partial charge in [-0.15, -0.1) is 0 Å². The van der Waals surface area contributed by atoms with Crippen molar-refractivity contribution in [2.45, 2.75) is 24.8 Å². The number of carbonyl (C=O) groups excluding carboxylic acids is 1. The highest BCUT2D eigenvalue weighted by Crippen LogP contribution is 2.22. The van der Waals surface area contributed by atoms with Gasteiger partial charge in [-0.3, -0.25) is 9.78 Å². The van der Waals surface area contributed by atoms with Crippen LogP contribution in [0.3, 0.4) is 0 Å². The number of carbonyl (C=O) groups is 1. The number of esters is 1. The summed E-state index contributed by atoms with van der Waals surface area (Å²) in [5.41, 5.74) is 0. The van der Waals surface area contributed by atoms with E-state index in [2.05, 4.69) is 9.71 Å². The van der Waals surface area contributed by atoms with Gasteiger partial charge in [-0.2, -0.15) is 4.72 Å². The first-order valence-electron chi connectivity index (χ1n) is 6.47. The lowest BCUT2D eigenvalue weighted by Crippen LogP contribution is -2.39. The molecular weight excluding hydrogens is 292 g/mol. The van der Waals surface area contributed by atoms with Crippen molar-refractivity contribution in [3.05, 3.63) is 36.7 Å². The summed E-state index contributed by atoms with van der Waals surface area (Å²) in [7, 11) is -3.83. The van der Waals surface area contributed by atoms with Crippen molar-refractivity contribution in [3.8, 4) is 0 Å². The Morgan fingerprint density at radius 1 is 1.38 bits per heavy atom. The highest BCUT2D eigenvalue weighted by Gasteiger charge is 2.24. The van der Waals surface area contributed by atoms with Crippen LogP contribution in [0.25, 0.3) is 10.8 Å². The van der Waals surface area contributed by atoms with E-state index >= 15 is 0 Å². The van der Waals surface area contributed by atoms with Crippen molar-refractivity contribution >= 4 is 26.8 Å². The number of aromatic nitrogens is 1. The van der Waals surface area contributed by atoms with E-state index in [4.69, 9.17) is 4.74 Å². The van der Waals surface area contributed by atoms with Crippen molar-refractivity contribution in [2.24, 2.45) is 0 Å². The monoisotopic (exact) mass is 308 g/mol. The molecule has 0 saturated heterocycles. The molecule has 2 aromatic rings. The topological polar surface area (TPSA) is 85.4 Å². The summed E-state index contributed by atoms with van der Waals surface area (Å²) in [5.74, 6) is -0.608. The lowest BCUT2D eigenvalue weighted by atomic mass is 10.2. The number of hydrogen-bond acceptors (Lipinski definition) is 5. The Labute approximate surface area is 123 Å². The number of benzene rings is 1. The second-order valence-electron chi connectivity index (χ2n) is 4.45. The van der Waals surface area contributed by atoms with Gasteiger partial charge >= 0.3 is 5.97 Å². The molecule has 0 radical (unpaired) electrons. The molecule has 21 heavy (non-hydrogen) atoms.